The first-order chi connectivity index (χ1) is 20.9. The van der Waals surface area contributed by atoms with Crippen molar-refractivity contribution in [3.63, 3.8) is 0 Å². The summed E-state index contributed by atoms with van der Waals surface area (Å²) in [6.45, 7) is 5.41. The molecule has 2 aromatic carbocycles. The lowest BCUT2D eigenvalue weighted by Crippen LogP contribution is -2.15. The molecule has 6 rings (SSSR count). The summed E-state index contributed by atoms with van der Waals surface area (Å²) in [4.78, 5) is 12.5. The smallest absolute Gasteiger partial charge is 0.159 e. The zero-order valence-electron chi connectivity index (χ0n) is 23.8. The van der Waals surface area contributed by atoms with Gasteiger partial charge in [0.15, 0.2) is 11.6 Å². The van der Waals surface area contributed by atoms with Crippen LogP contribution in [0.15, 0.2) is 85.5 Å². The zero-order chi connectivity index (χ0) is 29.8. The highest BCUT2D eigenvalue weighted by Crippen LogP contribution is 2.34. The van der Waals surface area contributed by atoms with Gasteiger partial charge in [-0.1, -0.05) is 12.1 Å². The van der Waals surface area contributed by atoms with Crippen LogP contribution in [0.4, 0.5) is 14.6 Å². The molecule has 8 nitrogen and oxygen atoms in total. The first kappa shape index (κ1) is 28.0. The Morgan fingerprint density at radius 1 is 0.860 bits per heavy atom. The number of nitrogens with one attached hydrogen (secondary N) is 4. The molecule has 218 valence electrons. The highest BCUT2D eigenvalue weighted by molar-refractivity contribution is 5.96. The van der Waals surface area contributed by atoms with E-state index in [0.29, 0.717) is 25.2 Å². The van der Waals surface area contributed by atoms with E-state index in [0.717, 1.165) is 62.2 Å². The lowest BCUT2D eigenvalue weighted by atomic mass is 10.0. The number of aromatic nitrogens is 5. The monoisotopic (exact) mass is 579 g/mol. The normalized spacial score (nSPS) is 11.4. The van der Waals surface area contributed by atoms with Crippen LogP contribution in [-0.4, -0.2) is 31.3 Å². The molecule has 43 heavy (non-hydrogen) atoms. The summed E-state index contributed by atoms with van der Waals surface area (Å²) in [5.41, 5.74) is 7.29. The number of rotatable bonds is 11. The molecule has 0 saturated carbocycles. The molecule has 0 bridgehead atoms. The summed E-state index contributed by atoms with van der Waals surface area (Å²) >= 11 is 0. The van der Waals surface area contributed by atoms with Crippen LogP contribution in [-0.2, 0) is 19.6 Å². The van der Waals surface area contributed by atoms with Gasteiger partial charge in [0, 0.05) is 66.5 Å². The van der Waals surface area contributed by atoms with Crippen molar-refractivity contribution in [3.05, 3.63) is 114 Å². The van der Waals surface area contributed by atoms with Crippen molar-refractivity contribution in [1.29, 1.82) is 0 Å². The van der Waals surface area contributed by atoms with Crippen molar-refractivity contribution in [3.8, 4) is 28.1 Å². The number of fused-ring (bicyclic) bond motifs is 1. The molecule has 0 atom stereocenters. The molecule has 0 saturated heterocycles. The minimum Gasteiger partial charge on any atom is -0.491 e. The maximum Gasteiger partial charge on any atom is 0.159 e. The summed E-state index contributed by atoms with van der Waals surface area (Å²) in [7, 11) is 0. The molecule has 0 aliphatic heterocycles. The molecule has 0 unspecified atom stereocenters. The number of ether oxygens (including phenoxy) is 1. The summed E-state index contributed by atoms with van der Waals surface area (Å²) < 4.78 is 33.0. The fraction of sp³-hybridized carbons (Fsp3) is 0.182. The number of hydrogen-bond acceptors (Lipinski definition) is 6. The van der Waals surface area contributed by atoms with Gasteiger partial charge in [0.1, 0.15) is 17.2 Å². The zero-order valence-corrected chi connectivity index (χ0v) is 23.8. The van der Waals surface area contributed by atoms with Gasteiger partial charge in [0.2, 0.25) is 0 Å². The molecular weight excluding hydrogens is 548 g/mol. The Balaban J connectivity index is 1.23. The van der Waals surface area contributed by atoms with Crippen molar-refractivity contribution in [2.75, 3.05) is 5.32 Å². The number of pyridine rings is 2. The lowest BCUT2D eigenvalue weighted by Gasteiger charge is -2.15. The van der Waals surface area contributed by atoms with Crippen LogP contribution in [0.2, 0.25) is 0 Å². The maximum atomic E-state index is 13.6. The second-order valence-electron chi connectivity index (χ2n) is 10.5. The molecule has 0 radical (unpaired) electrons. The van der Waals surface area contributed by atoms with Gasteiger partial charge < -0.3 is 20.4 Å². The standard InChI is InChI=1S/C33H31F2N7O/c1-20(2)43-26-11-22(10-24(13-26)28-19-40-33-27(28)14-25(18-39-33)31-7-9-41-42-31)16-38-32-23(4-3-8-37-32)17-36-15-21-5-6-29(34)30(35)12-21/h3-14,18-20,36H,15-17H2,1-2H3,(H,37,38)(H,39,40)(H,41,42). The highest BCUT2D eigenvalue weighted by Gasteiger charge is 2.13. The van der Waals surface area contributed by atoms with E-state index in [1.54, 1.807) is 18.5 Å². The van der Waals surface area contributed by atoms with Gasteiger partial charge in [-0.2, -0.15) is 5.10 Å². The third-order valence-electron chi connectivity index (χ3n) is 6.97. The topological polar surface area (TPSA) is 104 Å². The van der Waals surface area contributed by atoms with Crippen molar-refractivity contribution >= 4 is 16.9 Å². The number of hydrogen-bond donors (Lipinski definition) is 4. The Morgan fingerprint density at radius 3 is 2.58 bits per heavy atom. The highest BCUT2D eigenvalue weighted by atomic mass is 19.2. The van der Waals surface area contributed by atoms with Crippen LogP contribution >= 0.6 is 0 Å². The third-order valence-corrected chi connectivity index (χ3v) is 6.97. The third kappa shape index (κ3) is 6.54. The molecule has 0 aliphatic rings. The number of benzene rings is 2. The van der Waals surface area contributed by atoms with E-state index in [2.05, 4.69) is 47.9 Å². The fourth-order valence-corrected chi connectivity index (χ4v) is 4.98. The van der Waals surface area contributed by atoms with Crippen LogP contribution < -0.4 is 15.4 Å². The average Bonchev–Trinajstić information content (AvgIpc) is 3.68. The van der Waals surface area contributed by atoms with E-state index in [1.807, 2.05) is 56.6 Å². The molecule has 4 N–H and O–H groups in total. The molecule has 0 fully saturated rings. The molecule has 6 aromatic rings. The Kier molecular flexibility index (Phi) is 8.10. The van der Waals surface area contributed by atoms with Crippen LogP contribution in [0.1, 0.15) is 30.5 Å². The predicted octanol–water partition coefficient (Wildman–Crippen LogP) is 6.98. The van der Waals surface area contributed by atoms with E-state index in [-0.39, 0.29) is 6.10 Å². The molecule has 4 aromatic heterocycles. The summed E-state index contributed by atoms with van der Waals surface area (Å²) in [6.07, 6.45) is 7.26. The van der Waals surface area contributed by atoms with Crippen LogP contribution in [0.25, 0.3) is 33.4 Å². The van der Waals surface area contributed by atoms with E-state index in [4.69, 9.17) is 4.74 Å². The van der Waals surface area contributed by atoms with Crippen LogP contribution in [0, 0.1) is 11.6 Å². The van der Waals surface area contributed by atoms with Gasteiger partial charge in [-0.25, -0.2) is 18.7 Å². The molecular formula is C33H31F2N7O. The minimum atomic E-state index is -0.853. The van der Waals surface area contributed by atoms with Crippen molar-refractivity contribution < 1.29 is 13.5 Å². The van der Waals surface area contributed by atoms with Crippen molar-refractivity contribution in [2.24, 2.45) is 0 Å². The van der Waals surface area contributed by atoms with E-state index in [1.165, 1.54) is 6.07 Å². The first-order valence-corrected chi connectivity index (χ1v) is 14.0. The number of anilines is 1. The van der Waals surface area contributed by atoms with Gasteiger partial charge in [0.25, 0.3) is 0 Å². The molecule has 10 heteroatoms. The van der Waals surface area contributed by atoms with Gasteiger partial charge in [-0.05, 0) is 79.1 Å². The fourth-order valence-electron chi connectivity index (χ4n) is 4.98. The second-order valence-corrected chi connectivity index (χ2v) is 10.5. The lowest BCUT2D eigenvalue weighted by molar-refractivity contribution is 0.242. The van der Waals surface area contributed by atoms with E-state index in [9.17, 15) is 8.78 Å². The number of nitrogens with zero attached hydrogens (tertiary/aromatic N) is 3. The Labute approximate surface area is 247 Å². The van der Waals surface area contributed by atoms with Crippen LogP contribution in [0.5, 0.6) is 5.75 Å². The van der Waals surface area contributed by atoms with Crippen LogP contribution in [0.3, 0.4) is 0 Å². The molecule has 0 spiro atoms. The second kappa shape index (κ2) is 12.4. The summed E-state index contributed by atoms with van der Waals surface area (Å²) in [5, 5.41) is 14.8. The van der Waals surface area contributed by atoms with Crippen molar-refractivity contribution in [1.82, 2.24) is 30.5 Å². The SMILES string of the molecule is CC(C)Oc1cc(CNc2ncccc2CNCc2ccc(F)c(F)c2)cc(-c2c[nH]c3ncc(-c4ccn[nH]4)cc23)c1. The van der Waals surface area contributed by atoms with E-state index < -0.39 is 11.6 Å². The number of aromatic amines is 2. The molecule has 0 aliphatic carbocycles. The van der Waals surface area contributed by atoms with E-state index >= 15 is 0 Å². The maximum absolute atomic E-state index is 13.6. The first-order valence-electron chi connectivity index (χ1n) is 14.0. The van der Waals surface area contributed by atoms with Gasteiger partial charge >= 0.3 is 0 Å². The quantitative estimate of drug-likeness (QED) is 0.132. The van der Waals surface area contributed by atoms with Crippen molar-refractivity contribution in [2.45, 2.75) is 39.6 Å². The van der Waals surface area contributed by atoms with Gasteiger partial charge in [0.05, 0.1) is 11.8 Å². The average molecular weight is 580 g/mol. The minimum absolute atomic E-state index is 0.00993. The number of halogens is 2. The Morgan fingerprint density at radius 2 is 1.77 bits per heavy atom. The molecule has 4 heterocycles. The largest absolute Gasteiger partial charge is 0.491 e. The molecule has 0 amide bonds. The Hall–Kier alpha value is -5.09. The Bertz CT molecular complexity index is 1850. The van der Waals surface area contributed by atoms with Gasteiger partial charge in [-0.3, -0.25) is 5.10 Å². The summed E-state index contributed by atoms with van der Waals surface area (Å²) in [6, 6.07) is 18.0. The van der Waals surface area contributed by atoms with Gasteiger partial charge in [-0.15, -0.1) is 0 Å². The summed E-state index contributed by atoms with van der Waals surface area (Å²) in [5.74, 6) is -0.203. The number of H-pyrrole nitrogens is 2. The predicted molar refractivity (Wildman–Crippen MR) is 163 cm³/mol.